The van der Waals surface area contributed by atoms with Crippen molar-refractivity contribution in [3.05, 3.63) is 68.6 Å². The number of H-pyrrole nitrogens is 1. The minimum Gasteiger partial charge on any atom is -0.454 e. The normalized spacial score (nSPS) is 19.0. The average molecular weight is 337 g/mol. The summed E-state index contributed by atoms with van der Waals surface area (Å²) in [6.45, 7) is 0. The van der Waals surface area contributed by atoms with Gasteiger partial charge >= 0.3 is 5.97 Å². The average Bonchev–Trinajstić information content (AvgIpc) is 2.62. The lowest BCUT2D eigenvalue weighted by atomic mass is 9.89. The van der Waals surface area contributed by atoms with Gasteiger partial charge in [0.2, 0.25) is 0 Å². The van der Waals surface area contributed by atoms with Crippen molar-refractivity contribution in [2.45, 2.75) is 44.6 Å². The number of Topliss-reactive ketones (excluding diaryl/α,β-unsaturated/α-hetero) is 1. The van der Waals surface area contributed by atoms with E-state index in [0.717, 1.165) is 31.2 Å². The van der Waals surface area contributed by atoms with Crippen LogP contribution in [-0.4, -0.2) is 16.7 Å². The molecule has 5 heteroatoms. The van der Waals surface area contributed by atoms with E-state index in [9.17, 15) is 14.4 Å². The van der Waals surface area contributed by atoms with Gasteiger partial charge in [0, 0.05) is 17.7 Å². The Morgan fingerprint density at radius 3 is 2.80 bits per heavy atom. The molecular formula is C20H19NO4. The number of aromatic nitrogens is 1. The largest absolute Gasteiger partial charge is 0.454 e. The van der Waals surface area contributed by atoms with E-state index < -0.39 is 11.5 Å². The van der Waals surface area contributed by atoms with E-state index in [-0.39, 0.29) is 17.5 Å². The number of aromatic amines is 1. The Morgan fingerprint density at radius 1 is 1.08 bits per heavy atom. The number of fused-ring (bicyclic) bond motifs is 2. The molecule has 2 aliphatic carbocycles. The SMILES string of the molecule is O=C1CCCc2[nH]c(=O)c(C(=O)OC3CCCc4ccccc43)cc21. The number of carbonyl (C=O) groups is 2. The molecule has 1 aromatic carbocycles. The zero-order chi connectivity index (χ0) is 17.4. The minimum atomic E-state index is -0.663. The molecule has 2 aliphatic rings. The summed E-state index contributed by atoms with van der Waals surface area (Å²) in [7, 11) is 0. The number of pyridine rings is 1. The van der Waals surface area contributed by atoms with Gasteiger partial charge in [0.15, 0.2) is 5.78 Å². The maximum absolute atomic E-state index is 12.6. The lowest BCUT2D eigenvalue weighted by molar-refractivity contribution is 0.0254. The molecule has 0 saturated carbocycles. The molecular weight excluding hydrogens is 318 g/mol. The third-order valence-corrected chi connectivity index (χ3v) is 5.04. The second kappa shape index (κ2) is 6.31. The van der Waals surface area contributed by atoms with Crippen molar-refractivity contribution in [2.75, 3.05) is 0 Å². The van der Waals surface area contributed by atoms with E-state index in [1.54, 1.807) is 0 Å². The fraction of sp³-hybridized carbons (Fsp3) is 0.350. The highest BCUT2D eigenvalue weighted by Gasteiger charge is 2.27. The van der Waals surface area contributed by atoms with Crippen LogP contribution < -0.4 is 5.56 Å². The van der Waals surface area contributed by atoms with Crippen LogP contribution in [0, 0.1) is 0 Å². The van der Waals surface area contributed by atoms with E-state index in [2.05, 4.69) is 4.98 Å². The van der Waals surface area contributed by atoms with Gasteiger partial charge in [0.1, 0.15) is 11.7 Å². The fourth-order valence-electron chi connectivity index (χ4n) is 3.75. The van der Waals surface area contributed by atoms with E-state index in [1.165, 1.54) is 11.6 Å². The van der Waals surface area contributed by atoms with Gasteiger partial charge in [-0.3, -0.25) is 9.59 Å². The van der Waals surface area contributed by atoms with Crippen molar-refractivity contribution in [3.63, 3.8) is 0 Å². The number of ketones is 1. The zero-order valence-electron chi connectivity index (χ0n) is 13.8. The first-order chi connectivity index (χ1) is 12.1. The van der Waals surface area contributed by atoms with Crippen LogP contribution in [0.4, 0.5) is 0 Å². The van der Waals surface area contributed by atoms with Crippen LogP contribution in [0.25, 0.3) is 0 Å². The third-order valence-electron chi connectivity index (χ3n) is 5.04. The Kier molecular flexibility index (Phi) is 3.99. The summed E-state index contributed by atoms with van der Waals surface area (Å²) in [6, 6.07) is 9.32. The van der Waals surface area contributed by atoms with Crippen LogP contribution >= 0.6 is 0 Å². The predicted molar refractivity (Wildman–Crippen MR) is 91.9 cm³/mol. The second-order valence-electron chi connectivity index (χ2n) is 6.67. The van der Waals surface area contributed by atoms with Gasteiger partial charge in [-0.25, -0.2) is 4.79 Å². The number of benzene rings is 1. The Hall–Kier alpha value is -2.69. The summed E-state index contributed by atoms with van der Waals surface area (Å²) in [5, 5.41) is 0. The molecule has 25 heavy (non-hydrogen) atoms. The summed E-state index contributed by atoms with van der Waals surface area (Å²) < 4.78 is 5.64. The second-order valence-corrected chi connectivity index (χ2v) is 6.67. The number of hydrogen-bond acceptors (Lipinski definition) is 4. The molecule has 1 unspecified atom stereocenters. The number of carbonyl (C=O) groups excluding carboxylic acids is 2. The number of ether oxygens (including phenoxy) is 1. The van der Waals surface area contributed by atoms with Crippen molar-refractivity contribution in [2.24, 2.45) is 0 Å². The molecule has 0 aliphatic heterocycles. The van der Waals surface area contributed by atoms with Crippen molar-refractivity contribution >= 4 is 11.8 Å². The highest BCUT2D eigenvalue weighted by Crippen LogP contribution is 2.33. The highest BCUT2D eigenvalue weighted by atomic mass is 16.5. The van der Waals surface area contributed by atoms with Crippen molar-refractivity contribution in [3.8, 4) is 0 Å². The molecule has 0 spiro atoms. The van der Waals surface area contributed by atoms with Gasteiger partial charge in [0.05, 0.1) is 0 Å². The molecule has 0 fully saturated rings. The Morgan fingerprint density at radius 2 is 1.92 bits per heavy atom. The summed E-state index contributed by atoms with van der Waals surface area (Å²) in [5.41, 5.74) is 2.69. The number of esters is 1. The molecule has 4 rings (SSSR count). The number of aryl methyl sites for hydroxylation is 2. The van der Waals surface area contributed by atoms with Gasteiger partial charge in [0.25, 0.3) is 5.56 Å². The smallest absolute Gasteiger partial charge is 0.344 e. The van der Waals surface area contributed by atoms with Gasteiger partial charge in [-0.1, -0.05) is 24.3 Å². The molecule has 1 atom stereocenters. The van der Waals surface area contributed by atoms with E-state index in [0.29, 0.717) is 24.1 Å². The van der Waals surface area contributed by atoms with Gasteiger partial charge in [-0.15, -0.1) is 0 Å². The molecule has 0 radical (unpaired) electrons. The maximum Gasteiger partial charge on any atom is 0.344 e. The molecule has 0 amide bonds. The minimum absolute atomic E-state index is 0.0328. The standard InChI is InChI=1S/C20H19NO4/c22-17-9-4-8-16-14(17)11-15(19(23)21-16)20(24)25-18-10-3-6-12-5-1-2-7-13(12)18/h1-2,5,7,11,18H,3-4,6,8-10H2,(H,21,23). The van der Waals surface area contributed by atoms with E-state index in [1.807, 2.05) is 24.3 Å². The monoisotopic (exact) mass is 337 g/mol. The third kappa shape index (κ3) is 2.90. The van der Waals surface area contributed by atoms with Crippen LogP contribution in [0.3, 0.4) is 0 Å². The van der Waals surface area contributed by atoms with Crippen molar-refractivity contribution in [1.29, 1.82) is 0 Å². The Balaban J connectivity index is 1.63. The highest BCUT2D eigenvalue weighted by molar-refractivity contribution is 6.00. The van der Waals surface area contributed by atoms with Gasteiger partial charge in [-0.2, -0.15) is 0 Å². The summed E-state index contributed by atoms with van der Waals surface area (Å²) in [6.07, 6.45) is 4.13. The number of hydrogen-bond donors (Lipinski definition) is 1. The predicted octanol–water partition coefficient (Wildman–Crippen LogP) is 3.13. The first-order valence-electron chi connectivity index (χ1n) is 8.71. The van der Waals surface area contributed by atoms with Gasteiger partial charge < -0.3 is 9.72 Å². The first kappa shape index (κ1) is 15.8. The molecule has 0 bridgehead atoms. The quantitative estimate of drug-likeness (QED) is 0.854. The van der Waals surface area contributed by atoms with Crippen LogP contribution in [-0.2, 0) is 17.6 Å². The number of rotatable bonds is 2. The van der Waals surface area contributed by atoms with Crippen LogP contribution in [0.15, 0.2) is 35.1 Å². The van der Waals surface area contributed by atoms with Crippen LogP contribution in [0.2, 0.25) is 0 Å². The van der Waals surface area contributed by atoms with Crippen molar-refractivity contribution in [1.82, 2.24) is 4.98 Å². The summed E-state index contributed by atoms with van der Waals surface area (Å²) in [5.74, 6) is -0.696. The zero-order valence-corrected chi connectivity index (χ0v) is 13.8. The van der Waals surface area contributed by atoms with Crippen LogP contribution in [0.5, 0.6) is 0 Å². The Bertz CT molecular complexity index is 912. The summed E-state index contributed by atoms with van der Waals surface area (Å²) >= 11 is 0. The van der Waals surface area contributed by atoms with Gasteiger partial charge in [-0.05, 0) is 49.3 Å². The molecule has 2 aromatic rings. The van der Waals surface area contributed by atoms with E-state index in [4.69, 9.17) is 4.74 Å². The van der Waals surface area contributed by atoms with Crippen LogP contribution in [0.1, 0.15) is 69.3 Å². The molecule has 1 N–H and O–H groups in total. The summed E-state index contributed by atoms with van der Waals surface area (Å²) in [4.78, 5) is 39.6. The molecule has 1 heterocycles. The first-order valence-corrected chi connectivity index (χ1v) is 8.71. The lowest BCUT2D eigenvalue weighted by Crippen LogP contribution is -2.27. The Labute approximate surface area is 145 Å². The maximum atomic E-state index is 12.6. The molecule has 5 nitrogen and oxygen atoms in total. The fourth-order valence-corrected chi connectivity index (χ4v) is 3.75. The number of nitrogens with one attached hydrogen (secondary N) is 1. The lowest BCUT2D eigenvalue weighted by Gasteiger charge is -2.25. The van der Waals surface area contributed by atoms with Crippen molar-refractivity contribution < 1.29 is 14.3 Å². The molecule has 128 valence electrons. The van der Waals surface area contributed by atoms with E-state index >= 15 is 0 Å². The topological polar surface area (TPSA) is 76.2 Å². The molecule has 1 aromatic heterocycles. The molecule has 0 saturated heterocycles.